The summed E-state index contributed by atoms with van der Waals surface area (Å²) in [5.41, 5.74) is 7.33. The van der Waals surface area contributed by atoms with Crippen molar-refractivity contribution in [1.29, 1.82) is 0 Å². The molecule has 2 N–H and O–H groups in total. The first-order valence-electron chi connectivity index (χ1n) is 3.97. The van der Waals surface area contributed by atoms with Gasteiger partial charge in [-0.25, -0.2) is 0 Å². The molecule has 1 aromatic rings. The fraction of sp³-hybridized carbons (Fsp3) is 0.300. The molecular formula is C10H13NO. The first kappa shape index (κ1) is 8.78. The molecule has 1 aromatic carbocycles. The maximum Gasteiger partial charge on any atom is 0.224 e. The van der Waals surface area contributed by atoms with Gasteiger partial charge in [-0.2, -0.15) is 0 Å². The van der Waals surface area contributed by atoms with Crippen LogP contribution in [0, 0.1) is 6.92 Å². The van der Waals surface area contributed by atoms with Crippen molar-refractivity contribution in [2.45, 2.75) is 19.8 Å². The molecule has 1 atom stereocenters. The van der Waals surface area contributed by atoms with Gasteiger partial charge in [-0.05, 0) is 25.0 Å². The monoisotopic (exact) mass is 163 g/mol. The summed E-state index contributed by atoms with van der Waals surface area (Å²) in [6.07, 6.45) is 0. The van der Waals surface area contributed by atoms with Crippen molar-refractivity contribution in [2.24, 2.45) is 5.73 Å². The lowest BCUT2D eigenvalue weighted by Gasteiger charge is -2.09. The zero-order valence-corrected chi connectivity index (χ0v) is 7.37. The maximum atomic E-state index is 10.9. The molecular weight excluding hydrogens is 150 g/mol. The average molecular weight is 163 g/mol. The average Bonchev–Trinajstić information content (AvgIpc) is 2.04. The third kappa shape index (κ3) is 1.64. The minimum absolute atomic E-state index is 0.189. The van der Waals surface area contributed by atoms with E-state index in [2.05, 4.69) is 0 Å². The Labute approximate surface area is 72.4 Å². The minimum Gasteiger partial charge on any atom is -0.369 e. The molecule has 0 bridgehead atoms. The summed E-state index contributed by atoms with van der Waals surface area (Å²) in [5.74, 6) is -0.462. The SMILES string of the molecule is Cc1ccccc1C(C)C(N)=O. The van der Waals surface area contributed by atoms with Crippen LogP contribution < -0.4 is 5.73 Å². The number of amides is 1. The third-order valence-corrected chi connectivity index (χ3v) is 2.08. The van der Waals surface area contributed by atoms with Crippen LogP contribution in [0.15, 0.2) is 24.3 Å². The second kappa shape index (κ2) is 3.39. The van der Waals surface area contributed by atoms with E-state index < -0.39 is 0 Å². The van der Waals surface area contributed by atoms with Gasteiger partial charge in [0.05, 0.1) is 5.92 Å². The number of hydrogen-bond acceptors (Lipinski definition) is 1. The number of carbonyl (C=O) groups is 1. The van der Waals surface area contributed by atoms with E-state index in [1.807, 2.05) is 38.1 Å². The quantitative estimate of drug-likeness (QED) is 0.706. The molecule has 0 aliphatic heterocycles. The summed E-state index contributed by atoms with van der Waals surface area (Å²) in [5, 5.41) is 0. The van der Waals surface area contributed by atoms with Crippen molar-refractivity contribution in [3.8, 4) is 0 Å². The second-order valence-corrected chi connectivity index (χ2v) is 2.98. The molecule has 2 heteroatoms. The van der Waals surface area contributed by atoms with Gasteiger partial charge in [-0.1, -0.05) is 24.3 Å². The van der Waals surface area contributed by atoms with E-state index in [-0.39, 0.29) is 11.8 Å². The molecule has 1 rings (SSSR count). The normalized spacial score (nSPS) is 12.5. The minimum atomic E-state index is -0.274. The van der Waals surface area contributed by atoms with E-state index in [1.165, 1.54) is 0 Å². The number of rotatable bonds is 2. The van der Waals surface area contributed by atoms with Crippen LogP contribution >= 0.6 is 0 Å². The first-order valence-corrected chi connectivity index (χ1v) is 3.97. The fourth-order valence-electron chi connectivity index (χ4n) is 1.23. The van der Waals surface area contributed by atoms with E-state index in [4.69, 9.17) is 5.73 Å². The predicted octanol–water partition coefficient (Wildman–Crippen LogP) is 1.58. The molecule has 0 saturated carbocycles. The van der Waals surface area contributed by atoms with Crippen LogP contribution in [-0.2, 0) is 4.79 Å². The number of nitrogens with two attached hydrogens (primary N) is 1. The lowest BCUT2D eigenvalue weighted by atomic mass is 9.96. The largest absolute Gasteiger partial charge is 0.369 e. The highest BCUT2D eigenvalue weighted by Crippen LogP contribution is 2.17. The maximum absolute atomic E-state index is 10.9. The Balaban J connectivity index is 3.02. The van der Waals surface area contributed by atoms with Crippen molar-refractivity contribution in [2.75, 3.05) is 0 Å². The lowest BCUT2D eigenvalue weighted by Crippen LogP contribution is -2.19. The molecule has 0 fully saturated rings. The van der Waals surface area contributed by atoms with Crippen molar-refractivity contribution in [3.63, 3.8) is 0 Å². The highest BCUT2D eigenvalue weighted by Gasteiger charge is 2.12. The van der Waals surface area contributed by atoms with Crippen LogP contribution in [0.4, 0.5) is 0 Å². The van der Waals surface area contributed by atoms with Crippen molar-refractivity contribution in [1.82, 2.24) is 0 Å². The highest BCUT2D eigenvalue weighted by molar-refractivity contribution is 5.81. The van der Waals surface area contributed by atoms with Gasteiger partial charge in [0.15, 0.2) is 0 Å². The Kier molecular flexibility index (Phi) is 2.48. The Bertz CT molecular complexity index is 294. The van der Waals surface area contributed by atoms with Gasteiger partial charge in [0.2, 0.25) is 5.91 Å². The zero-order chi connectivity index (χ0) is 9.14. The number of hydrogen-bond donors (Lipinski definition) is 1. The van der Waals surface area contributed by atoms with Crippen LogP contribution in [0.5, 0.6) is 0 Å². The number of carbonyl (C=O) groups excluding carboxylic acids is 1. The standard InChI is InChI=1S/C10H13NO/c1-7-5-3-4-6-9(7)8(2)10(11)12/h3-6,8H,1-2H3,(H2,11,12). The molecule has 0 saturated heterocycles. The molecule has 64 valence electrons. The van der Waals surface area contributed by atoms with Crippen LogP contribution in [-0.4, -0.2) is 5.91 Å². The summed E-state index contributed by atoms with van der Waals surface area (Å²) in [7, 11) is 0. The van der Waals surface area contributed by atoms with Gasteiger partial charge >= 0.3 is 0 Å². The summed E-state index contributed by atoms with van der Waals surface area (Å²) in [6.45, 7) is 3.80. The van der Waals surface area contributed by atoms with E-state index in [0.717, 1.165) is 11.1 Å². The molecule has 0 aliphatic rings. The summed E-state index contributed by atoms with van der Waals surface area (Å²) < 4.78 is 0. The molecule has 2 nitrogen and oxygen atoms in total. The van der Waals surface area contributed by atoms with Crippen LogP contribution in [0.25, 0.3) is 0 Å². The summed E-state index contributed by atoms with van der Waals surface area (Å²) in [6, 6.07) is 7.79. The van der Waals surface area contributed by atoms with E-state index >= 15 is 0 Å². The fourth-order valence-corrected chi connectivity index (χ4v) is 1.23. The number of benzene rings is 1. The van der Waals surface area contributed by atoms with E-state index in [0.29, 0.717) is 0 Å². The Morgan fingerprint density at radius 3 is 2.50 bits per heavy atom. The Hall–Kier alpha value is -1.31. The molecule has 0 spiro atoms. The Morgan fingerprint density at radius 2 is 2.00 bits per heavy atom. The van der Waals surface area contributed by atoms with Crippen molar-refractivity contribution >= 4 is 5.91 Å². The molecule has 0 radical (unpaired) electrons. The van der Waals surface area contributed by atoms with Crippen molar-refractivity contribution < 1.29 is 4.79 Å². The van der Waals surface area contributed by atoms with Gasteiger partial charge in [-0.15, -0.1) is 0 Å². The smallest absolute Gasteiger partial charge is 0.224 e. The van der Waals surface area contributed by atoms with E-state index in [9.17, 15) is 4.79 Å². The van der Waals surface area contributed by atoms with Gasteiger partial charge < -0.3 is 5.73 Å². The molecule has 1 unspecified atom stereocenters. The van der Waals surface area contributed by atoms with Crippen molar-refractivity contribution in [3.05, 3.63) is 35.4 Å². The predicted molar refractivity (Wildman–Crippen MR) is 48.8 cm³/mol. The molecule has 0 aromatic heterocycles. The highest BCUT2D eigenvalue weighted by atomic mass is 16.1. The topological polar surface area (TPSA) is 43.1 Å². The third-order valence-electron chi connectivity index (χ3n) is 2.08. The second-order valence-electron chi connectivity index (χ2n) is 2.98. The molecule has 0 heterocycles. The van der Waals surface area contributed by atoms with Crippen LogP contribution in [0.1, 0.15) is 24.0 Å². The summed E-state index contributed by atoms with van der Waals surface area (Å²) >= 11 is 0. The van der Waals surface area contributed by atoms with Gasteiger partial charge in [-0.3, -0.25) is 4.79 Å². The van der Waals surface area contributed by atoms with E-state index in [1.54, 1.807) is 0 Å². The lowest BCUT2D eigenvalue weighted by molar-refractivity contribution is -0.119. The van der Waals surface area contributed by atoms with Gasteiger partial charge in [0.1, 0.15) is 0 Å². The number of primary amides is 1. The van der Waals surface area contributed by atoms with Crippen LogP contribution in [0.2, 0.25) is 0 Å². The molecule has 0 aliphatic carbocycles. The number of aryl methyl sites for hydroxylation is 1. The molecule has 12 heavy (non-hydrogen) atoms. The summed E-state index contributed by atoms with van der Waals surface area (Å²) in [4.78, 5) is 10.9. The van der Waals surface area contributed by atoms with Crippen LogP contribution in [0.3, 0.4) is 0 Å². The Morgan fingerprint density at radius 1 is 1.42 bits per heavy atom. The molecule has 1 amide bonds. The first-order chi connectivity index (χ1) is 5.63. The van der Waals surface area contributed by atoms with Gasteiger partial charge in [0.25, 0.3) is 0 Å². The zero-order valence-electron chi connectivity index (χ0n) is 7.37. The van der Waals surface area contributed by atoms with Gasteiger partial charge in [0, 0.05) is 0 Å².